The summed E-state index contributed by atoms with van der Waals surface area (Å²) >= 11 is 0. The molecule has 3 aromatic carbocycles. The zero-order valence-corrected chi connectivity index (χ0v) is 28.6. The van der Waals surface area contributed by atoms with Crippen molar-refractivity contribution in [1.29, 1.82) is 0 Å². The predicted octanol–water partition coefficient (Wildman–Crippen LogP) is 10.2. The summed E-state index contributed by atoms with van der Waals surface area (Å²) in [4.78, 5) is 32.0. The van der Waals surface area contributed by atoms with E-state index < -0.39 is 0 Å². The number of ketones is 2. The summed E-state index contributed by atoms with van der Waals surface area (Å²) in [7, 11) is 0. The van der Waals surface area contributed by atoms with Crippen LogP contribution in [0, 0.1) is 11.8 Å². The molecule has 3 aromatic rings. The van der Waals surface area contributed by atoms with Gasteiger partial charge in [-0.25, -0.2) is 0 Å². The van der Waals surface area contributed by atoms with E-state index in [9.17, 15) is 9.59 Å². The van der Waals surface area contributed by atoms with Crippen molar-refractivity contribution < 1.29 is 9.59 Å². The highest BCUT2D eigenvalue weighted by Gasteiger charge is 2.25. The van der Waals surface area contributed by atoms with Crippen molar-refractivity contribution in [3.8, 4) is 22.3 Å². The van der Waals surface area contributed by atoms with E-state index in [1.807, 2.05) is 12.1 Å². The van der Waals surface area contributed by atoms with E-state index in [2.05, 4.69) is 60.0 Å². The lowest BCUT2D eigenvalue weighted by Crippen LogP contribution is -2.34. The molecular weight excluding hydrogens is 564 g/mol. The third-order valence-corrected chi connectivity index (χ3v) is 11.3. The minimum atomic E-state index is 0.244. The van der Waals surface area contributed by atoms with E-state index >= 15 is 0 Å². The highest BCUT2D eigenvalue weighted by molar-refractivity contribution is 6.21. The molecule has 0 saturated carbocycles. The van der Waals surface area contributed by atoms with E-state index in [0.29, 0.717) is 12.8 Å². The van der Waals surface area contributed by atoms with Crippen LogP contribution < -0.4 is 0 Å². The molecule has 0 bridgehead atoms. The number of unbranched alkanes of at least 4 members (excludes halogenated alkanes) is 2. The van der Waals surface area contributed by atoms with Gasteiger partial charge in [-0.1, -0.05) is 82.0 Å². The van der Waals surface area contributed by atoms with Crippen LogP contribution in [0.4, 0.5) is 0 Å². The molecule has 0 aromatic heterocycles. The van der Waals surface area contributed by atoms with Crippen LogP contribution in [0.1, 0.15) is 124 Å². The number of rotatable bonds is 16. The van der Waals surface area contributed by atoms with Crippen molar-refractivity contribution in [1.82, 2.24) is 9.80 Å². The molecule has 1 aliphatic carbocycles. The first-order valence-corrected chi connectivity index (χ1v) is 18.8. The fraction of sp³-hybridized carbons (Fsp3) is 0.571. The summed E-state index contributed by atoms with van der Waals surface area (Å²) in [5, 5.41) is 2.23. The third-order valence-electron chi connectivity index (χ3n) is 11.3. The molecule has 0 radical (unpaired) electrons. The molecule has 0 N–H and O–H groups in total. The number of carbonyl (C=O) groups is 2. The van der Waals surface area contributed by atoms with Crippen LogP contribution in [0.5, 0.6) is 0 Å². The topological polar surface area (TPSA) is 40.6 Å². The molecular formula is C42H56N2O2. The van der Waals surface area contributed by atoms with Gasteiger partial charge in [0, 0.05) is 24.0 Å². The first kappa shape index (κ1) is 33.1. The lowest BCUT2D eigenvalue weighted by Gasteiger charge is -2.31. The number of Topliss-reactive ketones (excluding diaryl/α,β-unsaturated/α-hetero) is 2. The zero-order chi connectivity index (χ0) is 31.9. The number of carbonyl (C=O) groups excluding carboxylic acids is 2. The van der Waals surface area contributed by atoms with E-state index in [4.69, 9.17) is 0 Å². The smallest absolute Gasteiger partial charge is 0.163 e. The summed E-state index contributed by atoms with van der Waals surface area (Å²) in [6.07, 6.45) is 16.0. The number of benzene rings is 3. The average molecular weight is 621 g/mol. The monoisotopic (exact) mass is 620 g/mol. The molecule has 3 aliphatic rings. The van der Waals surface area contributed by atoms with Gasteiger partial charge >= 0.3 is 0 Å². The highest BCUT2D eigenvalue weighted by atomic mass is 16.1. The largest absolute Gasteiger partial charge is 0.303 e. The Morgan fingerprint density at radius 3 is 1.80 bits per heavy atom. The van der Waals surface area contributed by atoms with Crippen molar-refractivity contribution in [2.45, 2.75) is 104 Å². The first-order chi connectivity index (χ1) is 22.6. The first-order valence-electron chi connectivity index (χ1n) is 18.8. The second-order valence-corrected chi connectivity index (χ2v) is 14.6. The summed E-state index contributed by atoms with van der Waals surface area (Å²) in [6.45, 7) is 11.7. The van der Waals surface area contributed by atoms with Gasteiger partial charge in [0.15, 0.2) is 11.6 Å². The normalized spacial score (nSPS) is 17.5. The molecule has 0 atom stereocenters. The second-order valence-electron chi connectivity index (χ2n) is 14.6. The van der Waals surface area contributed by atoms with E-state index in [0.717, 1.165) is 78.2 Å². The molecule has 4 nitrogen and oxygen atoms in total. The van der Waals surface area contributed by atoms with Gasteiger partial charge in [-0.15, -0.1) is 0 Å². The Morgan fingerprint density at radius 1 is 0.630 bits per heavy atom. The van der Waals surface area contributed by atoms with Gasteiger partial charge in [0.2, 0.25) is 0 Å². The van der Waals surface area contributed by atoms with Gasteiger partial charge in [0.05, 0.1) is 0 Å². The second kappa shape index (κ2) is 15.8. The van der Waals surface area contributed by atoms with Crippen LogP contribution in [0.3, 0.4) is 0 Å². The maximum Gasteiger partial charge on any atom is 0.163 e. The molecule has 2 heterocycles. The molecule has 46 heavy (non-hydrogen) atoms. The average Bonchev–Trinajstić information content (AvgIpc) is 3.41. The number of hydrogen-bond acceptors (Lipinski definition) is 4. The highest BCUT2D eigenvalue weighted by Crippen LogP contribution is 2.48. The number of nitrogens with zero attached hydrogens (tertiary/aromatic N) is 2. The Balaban J connectivity index is 1.03. The van der Waals surface area contributed by atoms with Gasteiger partial charge in [-0.2, -0.15) is 0 Å². The van der Waals surface area contributed by atoms with Crippen LogP contribution in [0.15, 0.2) is 48.5 Å². The lowest BCUT2D eigenvalue weighted by molar-refractivity contribution is 0.0969. The molecule has 2 fully saturated rings. The maximum absolute atomic E-state index is 13.5. The fourth-order valence-electron chi connectivity index (χ4n) is 8.61. The molecule has 0 amide bonds. The zero-order valence-electron chi connectivity index (χ0n) is 28.6. The number of piperidine rings is 2. The summed E-state index contributed by atoms with van der Waals surface area (Å²) in [5.41, 5.74) is 6.31. The van der Waals surface area contributed by atoms with Crippen molar-refractivity contribution in [2.24, 2.45) is 11.8 Å². The summed E-state index contributed by atoms with van der Waals surface area (Å²) < 4.78 is 0. The van der Waals surface area contributed by atoms with Crippen LogP contribution in [0.2, 0.25) is 0 Å². The van der Waals surface area contributed by atoms with E-state index in [-0.39, 0.29) is 11.6 Å². The molecule has 0 spiro atoms. The Labute approximate surface area is 277 Å². The van der Waals surface area contributed by atoms with Crippen molar-refractivity contribution >= 4 is 22.3 Å². The Kier molecular flexibility index (Phi) is 11.4. The van der Waals surface area contributed by atoms with Crippen LogP contribution >= 0.6 is 0 Å². The van der Waals surface area contributed by atoms with Crippen molar-refractivity contribution in [2.75, 3.05) is 39.3 Å². The Hall–Kier alpha value is -2.82. The minimum absolute atomic E-state index is 0.244. The SMILES string of the molecule is CCCC1CCN(CCCCC(=O)c2ccc3c(c2)-c2ccc(C(=O)CCCCN4CCC(CCC)CC4)c4cccc-3c24)CC1. The Bertz CT molecular complexity index is 1490. The molecule has 2 saturated heterocycles. The van der Waals surface area contributed by atoms with Crippen LogP contribution in [-0.2, 0) is 0 Å². The lowest BCUT2D eigenvalue weighted by atomic mass is 9.92. The summed E-state index contributed by atoms with van der Waals surface area (Å²) in [6, 6.07) is 16.8. The molecule has 6 rings (SSSR count). The minimum Gasteiger partial charge on any atom is -0.303 e. The van der Waals surface area contributed by atoms with Crippen molar-refractivity contribution in [3.63, 3.8) is 0 Å². The van der Waals surface area contributed by atoms with Crippen LogP contribution in [0.25, 0.3) is 33.0 Å². The van der Waals surface area contributed by atoms with Crippen LogP contribution in [-0.4, -0.2) is 60.6 Å². The Morgan fingerprint density at radius 2 is 1.20 bits per heavy atom. The van der Waals surface area contributed by atoms with Gasteiger partial charge in [0.25, 0.3) is 0 Å². The van der Waals surface area contributed by atoms with Gasteiger partial charge < -0.3 is 9.80 Å². The number of likely N-dealkylation sites (tertiary alicyclic amines) is 2. The molecule has 2 aliphatic heterocycles. The number of fused-ring (bicyclic) bond motifs is 3. The predicted molar refractivity (Wildman–Crippen MR) is 193 cm³/mol. The van der Waals surface area contributed by atoms with E-state index in [1.54, 1.807) is 0 Å². The fourth-order valence-corrected chi connectivity index (χ4v) is 8.61. The quantitative estimate of drug-likeness (QED) is 0.0923. The third kappa shape index (κ3) is 7.66. The summed E-state index contributed by atoms with van der Waals surface area (Å²) in [5.74, 6) is 2.34. The number of hydrogen-bond donors (Lipinski definition) is 0. The molecule has 246 valence electrons. The van der Waals surface area contributed by atoms with Gasteiger partial charge in [-0.3, -0.25) is 9.59 Å². The van der Waals surface area contributed by atoms with Gasteiger partial charge in [-0.05, 0) is 142 Å². The molecule has 0 unspecified atom stereocenters. The standard InChI is InChI=1S/C42H56N2O2/c1-3-10-31-20-26-43(27-21-31)24-7-5-14-40(45)33-16-17-34-36-12-9-13-37-35(18-19-38(42(36)37)39(34)30-33)41(46)15-6-8-25-44-28-22-32(11-4-2)23-29-44/h9,12-13,16-19,30-32H,3-8,10-11,14-15,20-29H2,1-2H3. The van der Waals surface area contributed by atoms with E-state index in [1.165, 1.54) is 94.1 Å². The maximum atomic E-state index is 13.5. The molecule has 4 heteroatoms. The van der Waals surface area contributed by atoms with Gasteiger partial charge in [0.1, 0.15) is 0 Å². The van der Waals surface area contributed by atoms with Crippen molar-refractivity contribution in [3.05, 3.63) is 59.7 Å².